The molecule has 0 saturated heterocycles. The maximum Gasteiger partial charge on any atom is 0.416 e. The second kappa shape index (κ2) is 6.39. The minimum atomic E-state index is -4.29. The summed E-state index contributed by atoms with van der Waals surface area (Å²) < 4.78 is 37.5. The molecule has 0 aliphatic rings. The van der Waals surface area contributed by atoms with Crippen LogP contribution in [0.1, 0.15) is 37.4 Å². The molecule has 2 N–H and O–H groups in total. The van der Waals surface area contributed by atoms with Gasteiger partial charge in [0.25, 0.3) is 0 Å². The number of nitrogens with zero attached hydrogens (tertiary/aromatic N) is 1. The Labute approximate surface area is 112 Å². The minimum Gasteiger partial charge on any atom is -0.329 e. The average Bonchev–Trinajstić information content (AvgIpc) is 2.38. The van der Waals surface area contributed by atoms with Crippen LogP contribution in [0.4, 0.5) is 13.2 Å². The monoisotopic (exact) mass is 274 g/mol. The maximum atomic E-state index is 12.5. The molecule has 5 heteroatoms. The van der Waals surface area contributed by atoms with Crippen LogP contribution >= 0.6 is 0 Å². The van der Waals surface area contributed by atoms with Crippen LogP contribution in [0, 0.1) is 0 Å². The summed E-state index contributed by atoms with van der Waals surface area (Å²) in [5.41, 5.74) is 5.95. The Morgan fingerprint density at radius 3 is 2.11 bits per heavy atom. The molecule has 0 saturated carbocycles. The Balaban J connectivity index is 2.94. The van der Waals surface area contributed by atoms with E-state index in [1.165, 1.54) is 12.1 Å². The third-order valence-electron chi connectivity index (χ3n) is 3.62. The first-order valence-electron chi connectivity index (χ1n) is 6.40. The summed E-state index contributed by atoms with van der Waals surface area (Å²) in [6.45, 7) is 4.53. The number of hydrogen-bond donors (Lipinski definition) is 1. The molecule has 0 bridgehead atoms. The normalized spacial score (nSPS) is 15.6. The van der Waals surface area contributed by atoms with Crippen molar-refractivity contribution in [2.24, 2.45) is 5.73 Å². The second-order valence-corrected chi connectivity index (χ2v) is 4.79. The number of alkyl halides is 3. The van der Waals surface area contributed by atoms with Gasteiger partial charge in [-0.05, 0) is 38.1 Å². The van der Waals surface area contributed by atoms with Crippen LogP contribution < -0.4 is 5.73 Å². The van der Waals surface area contributed by atoms with Gasteiger partial charge < -0.3 is 5.73 Å². The molecule has 1 rings (SSSR count). The fraction of sp³-hybridized carbons (Fsp3) is 0.571. The van der Waals surface area contributed by atoms with Gasteiger partial charge in [0.15, 0.2) is 0 Å². The number of rotatable bonds is 5. The molecule has 0 aliphatic carbocycles. The van der Waals surface area contributed by atoms with Crippen molar-refractivity contribution in [3.05, 3.63) is 35.4 Å². The summed E-state index contributed by atoms with van der Waals surface area (Å²) >= 11 is 0. The van der Waals surface area contributed by atoms with E-state index in [9.17, 15) is 13.2 Å². The molecular formula is C14H21F3N2. The van der Waals surface area contributed by atoms with Gasteiger partial charge in [-0.1, -0.05) is 19.1 Å². The highest BCUT2D eigenvalue weighted by Crippen LogP contribution is 2.30. The summed E-state index contributed by atoms with van der Waals surface area (Å²) in [6, 6.07) is 5.52. The fourth-order valence-electron chi connectivity index (χ4n) is 2.03. The van der Waals surface area contributed by atoms with Gasteiger partial charge in [-0.15, -0.1) is 0 Å². The Morgan fingerprint density at radius 2 is 1.74 bits per heavy atom. The molecule has 1 aromatic carbocycles. The first-order chi connectivity index (χ1) is 8.81. The molecule has 108 valence electrons. The van der Waals surface area contributed by atoms with Gasteiger partial charge in [0.05, 0.1) is 5.56 Å². The third-order valence-corrected chi connectivity index (χ3v) is 3.62. The number of benzene rings is 1. The predicted molar refractivity (Wildman–Crippen MR) is 70.8 cm³/mol. The molecule has 0 spiro atoms. The Hall–Kier alpha value is -1.07. The predicted octanol–water partition coefficient (Wildman–Crippen LogP) is 3.44. The first-order valence-corrected chi connectivity index (χ1v) is 6.40. The van der Waals surface area contributed by atoms with Crippen molar-refractivity contribution in [2.45, 2.75) is 38.5 Å². The summed E-state index contributed by atoms with van der Waals surface area (Å²) in [5.74, 6) is 0. The highest BCUT2D eigenvalue weighted by Gasteiger charge is 2.30. The van der Waals surface area contributed by atoms with Gasteiger partial charge in [-0.2, -0.15) is 13.2 Å². The van der Waals surface area contributed by atoms with E-state index >= 15 is 0 Å². The number of nitrogens with two attached hydrogens (primary N) is 1. The summed E-state index contributed by atoms with van der Waals surface area (Å²) in [6.07, 6.45) is -3.33. The van der Waals surface area contributed by atoms with E-state index in [0.717, 1.165) is 24.1 Å². The van der Waals surface area contributed by atoms with Crippen LogP contribution in [-0.4, -0.2) is 24.5 Å². The van der Waals surface area contributed by atoms with Crippen molar-refractivity contribution >= 4 is 0 Å². The molecule has 0 aromatic heterocycles. The van der Waals surface area contributed by atoms with E-state index in [-0.39, 0.29) is 6.04 Å². The van der Waals surface area contributed by atoms with Crippen LogP contribution in [0.3, 0.4) is 0 Å². The molecule has 0 aliphatic heterocycles. The smallest absolute Gasteiger partial charge is 0.329 e. The second-order valence-electron chi connectivity index (χ2n) is 4.79. The van der Waals surface area contributed by atoms with Gasteiger partial charge in [0.1, 0.15) is 0 Å². The van der Waals surface area contributed by atoms with Gasteiger partial charge in [-0.25, -0.2) is 0 Å². The zero-order valence-corrected chi connectivity index (χ0v) is 11.5. The molecule has 1 aromatic rings. The lowest BCUT2D eigenvalue weighted by atomic mass is 10.0. The SMILES string of the molecule is CCC(C)N(C)C(CN)c1ccc(C(F)(F)F)cc1. The van der Waals surface area contributed by atoms with Gasteiger partial charge >= 0.3 is 6.18 Å². The van der Waals surface area contributed by atoms with E-state index in [1.807, 2.05) is 7.05 Å². The zero-order valence-electron chi connectivity index (χ0n) is 11.5. The van der Waals surface area contributed by atoms with Crippen LogP contribution in [0.25, 0.3) is 0 Å². The van der Waals surface area contributed by atoms with E-state index in [2.05, 4.69) is 18.7 Å². The topological polar surface area (TPSA) is 29.3 Å². The maximum absolute atomic E-state index is 12.5. The summed E-state index contributed by atoms with van der Waals surface area (Å²) in [5, 5.41) is 0. The van der Waals surface area contributed by atoms with Gasteiger partial charge in [0, 0.05) is 18.6 Å². The Bertz CT molecular complexity index is 387. The minimum absolute atomic E-state index is 0.0581. The van der Waals surface area contributed by atoms with Crippen molar-refractivity contribution < 1.29 is 13.2 Å². The van der Waals surface area contributed by atoms with Crippen LogP contribution in [0.5, 0.6) is 0 Å². The highest BCUT2D eigenvalue weighted by atomic mass is 19.4. The number of likely N-dealkylation sites (N-methyl/N-ethyl adjacent to an activating group) is 1. The van der Waals surface area contributed by atoms with E-state index in [0.29, 0.717) is 12.6 Å². The lowest BCUT2D eigenvalue weighted by Crippen LogP contribution is -2.36. The summed E-state index contributed by atoms with van der Waals surface area (Å²) in [7, 11) is 1.95. The van der Waals surface area contributed by atoms with Crippen molar-refractivity contribution in [1.82, 2.24) is 4.90 Å². The van der Waals surface area contributed by atoms with Crippen LogP contribution in [-0.2, 0) is 6.18 Å². The molecule has 2 nitrogen and oxygen atoms in total. The molecule has 2 unspecified atom stereocenters. The molecule has 2 atom stereocenters. The summed E-state index contributed by atoms with van der Waals surface area (Å²) in [4.78, 5) is 2.10. The Kier molecular flexibility index (Phi) is 5.38. The van der Waals surface area contributed by atoms with E-state index in [4.69, 9.17) is 5.73 Å². The van der Waals surface area contributed by atoms with Crippen molar-refractivity contribution in [2.75, 3.05) is 13.6 Å². The molecule has 0 fully saturated rings. The number of hydrogen-bond acceptors (Lipinski definition) is 2. The van der Waals surface area contributed by atoms with Crippen molar-refractivity contribution in [3.8, 4) is 0 Å². The van der Waals surface area contributed by atoms with E-state index in [1.54, 1.807) is 0 Å². The van der Waals surface area contributed by atoms with Crippen LogP contribution in [0.15, 0.2) is 24.3 Å². The Morgan fingerprint density at radius 1 is 1.21 bits per heavy atom. The van der Waals surface area contributed by atoms with Crippen LogP contribution in [0.2, 0.25) is 0 Å². The first kappa shape index (κ1) is 16.0. The third kappa shape index (κ3) is 3.94. The number of halogens is 3. The molecule has 0 radical (unpaired) electrons. The highest BCUT2D eigenvalue weighted by molar-refractivity contribution is 5.27. The van der Waals surface area contributed by atoms with Gasteiger partial charge in [-0.3, -0.25) is 4.90 Å². The quantitative estimate of drug-likeness (QED) is 0.891. The standard InChI is InChI=1S/C14H21F3N2/c1-4-10(2)19(3)13(9-18)11-5-7-12(8-6-11)14(15,16)17/h5-8,10,13H,4,9,18H2,1-3H3. The largest absolute Gasteiger partial charge is 0.416 e. The molecule has 19 heavy (non-hydrogen) atoms. The van der Waals surface area contributed by atoms with Crippen molar-refractivity contribution in [1.29, 1.82) is 0 Å². The lowest BCUT2D eigenvalue weighted by molar-refractivity contribution is -0.137. The molecule has 0 amide bonds. The van der Waals surface area contributed by atoms with Gasteiger partial charge in [0.2, 0.25) is 0 Å². The van der Waals surface area contributed by atoms with E-state index < -0.39 is 11.7 Å². The van der Waals surface area contributed by atoms with Crippen molar-refractivity contribution in [3.63, 3.8) is 0 Å². The fourth-order valence-corrected chi connectivity index (χ4v) is 2.03. The molecule has 0 heterocycles. The molecular weight excluding hydrogens is 253 g/mol. The average molecular weight is 274 g/mol. The lowest BCUT2D eigenvalue weighted by Gasteiger charge is -2.32. The zero-order chi connectivity index (χ0) is 14.6.